The topological polar surface area (TPSA) is 21.5 Å². The number of Topliss-reactive ketones (excluding diaryl/α,β-unsaturated/α-hetero) is 1. The maximum atomic E-state index is 12.6. The zero-order valence-corrected chi connectivity index (χ0v) is 13.3. The Bertz CT molecular complexity index is 862. The summed E-state index contributed by atoms with van der Waals surface area (Å²) in [4.78, 5) is 14.0. The zero-order valence-electron chi connectivity index (χ0n) is 13.3. The highest BCUT2D eigenvalue weighted by Gasteiger charge is 2.18. The number of piperidine rings is 1. The van der Waals surface area contributed by atoms with E-state index in [1.54, 1.807) is 0 Å². The highest BCUT2D eigenvalue weighted by molar-refractivity contribution is 6.09. The van der Waals surface area contributed by atoms with Gasteiger partial charge in [-0.05, 0) is 46.9 Å². The zero-order chi connectivity index (χ0) is 15.6. The van der Waals surface area contributed by atoms with Crippen molar-refractivity contribution in [3.63, 3.8) is 0 Å². The molecule has 23 heavy (non-hydrogen) atoms. The van der Waals surface area contributed by atoms with Crippen molar-refractivity contribution in [3.05, 3.63) is 60.2 Å². The molecule has 0 radical (unpaired) electrons. The third-order valence-electron chi connectivity index (χ3n) is 5.04. The molecule has 1 fully saturated rings. The predicted octanol–water partition coefficient (Wildman–Crippen LogP) is 3.24. The molecule has 2 heteroatoms. The minimum absolute atomic E-state index is 0.275. The van der Waals surface area contributed by atoms with E-state index in [0.29, 0.717) is 6.54 Å². The van der Waals surface area contributed by atoms with E-state index < -0.39 is 0 Å². The Labute approximate surface area is 136 Å². The largest absolute Gasteiger partial charge is 0.328 e. The predicted molar refractivity (Wildman–Crippen MR) is 95.2 cm³/mol. The van der Waals surface area contributed by atoms with E-state index in [2.05, 4.69) is 48.5 Å². The number of hydrogen-bond donors (Lipinski definition) is 1. The molecule has 4 rings (SSSR count). The number of rotatable bonds is 3. The summed E-state index contributed by atoms with van der Waals surface area (Å²) in [5.41, 5.74) is 0.853. The van der Waals surface area contributed by atoms with Crippen molar-refractivity contribution in [1.29, 1.82) is 0 Å². The number of ketones is 1. The van der Waals surface area contributed by atoms with Gasteiger partial charge < -0.3 is 4.90 Å². The van der Waals surface area contributed by atoms with Crippen molar-refractivity contribution in [2.45, 2.75) is 19.3 Å². The molecular weight excluding hydrogens is 282 g/mol. The van der Waals surface area contributed by atoms with Crippen molar-refractivity contribution in [1.82, 2.24) is 0 Å². The highest BCUT2D eigenvalue weighted by atomic mass is 16.1. The molecule has 0 aromatic heterocycles. The lowest BCUT2D eigenvalue weighted by Gasteiger charge is -2.22. The maximum absolute atomic E-state index is 12.6. The second-order valence-electron chi connectivity index (χ2n) is 6.63. The van der Waals surface area contributed by atoms with Crippen LogP contribution in [0.3, 0.4) is 0 Å². The van der Waals surface area contributed by atoms with Gasteiger partial charge in [-0.1, -0.05) is 48.5 Å². The Hall–Kier alpha value is -2.19. The molecule has 0 aliphatic carbocycles. The third kappa shape index (κ3) is 2.87. The van der Waals surface area contributed by atoms with Gasteiger partial charge in [0.15, 0.2) is 0 Å². The number of fused-ring (bicyclic) bond motifs is 3. The summed E-state index contributed by atoms with van der Waals surface area (Å²) in [6.45, 7) is 2.92. The first-order valence-electron chi connectivity index (χ1n) is 8.59. The van der Waals surface area contributed by atoms with E-state index >= 15 is 0 Å². The van der Waals surface area contributed by atoms with Gasteiger partial charge >= 0.3 is 0 Å². The van der Waals surface area contributed by atoms with Gasteiger partial charge in [-0.2, -0.15) is 0 Å². The van der Waals surface area contributed by atoms with Crippen molar-refractivity contribution in [2.24, 2.45) is 0 Å². The molecule has 1 saturated heterocycles. The van der Waals surface area contributed by atoms with Crippen molar-refractivity contribution in [3.8, 4) is 0 Å². The second-order valence-corrected chi connectivity index (χ2v) is 6.63. The fourth-order valence-corrected chi connectivity index (χ4v) is 3.74. The van der Waals surface area contributed by atoms with E-state index in [4.69, 9.17) is 0 Å². The summed E-state index contributed by atoms with van der Waals surface area (Å²) >= 11 is 0. The van der Waals surface area contributed by atoms with Crippen molar-refractivity contribution in [2.75, 3.05) is 19.6 Å². The van der Waals surface area contributed by atoms with Crippen LogP contribution in [0.1, 0.15) is 29.6 Å². The van der Waals surface area contributed by atoms with Crippen LogP contribution in [0, 0.1) is 0 Å². The van der Waals surface area contributed by atoms with Crippen molar-refractivity contribution < 1.29 is 9.69 Å². The van der Waals surface area contributed by atoms with Crippen molar-refractivity contribution >= 4 is 27.3 Å². The molecule has 0 bridgehead atoms. The van der Waals surface area contributed by atoms with Crippen LogP contribution >= 0.6 is 0 Å². The van der Waals surface area contributed by atoms with Crippen LogP contribution in [0.25, 0.3) is 21.5 Å². The number of benzene rings is 3. The molecular formula is C21H22NO+. The Kier molecular flexibility index (Phi) is 3.84. The molecule has 3 aromatic carbocycles. The van der Waals surface area contributed by atoms with Gasteiger partial charge in [-0.15, -0.1) is 0 Å². The van der Waals surface area contributed by atoms with E-state index in [-0.39, 0.29) is 5.78 Å². The summed E-state index contributed by atoms with van der Waals surface area (Å²) in [7, 11) is 0. The quantitative estimate of drug-likeness (QED) is 0.582. The number of nitrogens with one attached hydrogen (secondary N) is 1. The van der Waals surface area contributed by atoms with Gasteiger partial charge in [0.25, 0.3) is 0 Å². The second kappa shape index (κ2) is 6.13. The molecule has 1 aliphatic heterocycles. The molecule has 0 unspecified atom stereocenters. The smallest absolute Gasteiger partial charge is 0.216 e. The highest BCUT2D eigenvalue weighted by Crippen LogP contribution is 2.26. The number of carbonyl (C=O) groups excluding carboxylic acids is 1. The molecule has 1 heterocycles. The van der Waals surface area contributed by atoms with Gasteiger partial charge in [0.2, 0.25) is 5.78 Å². The van der Waals surface area contributed by atoms with Gasteiger partial charge in [0, 0.05) is 5.56 Å². The molecule has 0 atom stereocenters. The lowest BCUT2D eigenvalue weighted by atomic mass is 9.98. The Morgan fingerprint density at radius 1 is 0.826 bits per heavy atom. The van der Waals surface area contributed by atoms with Crippen LogP contribution in [0.15, 0.2) is 54.6 Å². The summed E-state index contributed by atoms with van der Waals surface area (Å²) < 4.78 is 0. The van der Waals surface area contributed by atoms with Crippen LogP contribution < -0.4 is 4.90 Å². The lowest BCUT2D eigenvalue weighted by molar-refractivity contribution is -0.896. The first kappa shape index (κ1) is 14.4. The number of quaternary nitrogens is 1. The van der Waals surface area contributed by atoms with Crippen LogP contribution in [0.2, 0.25) is 0 Å². The lowest BCUT2D eigenvalue weighted by Crippen LogP contribution is -3.13. The summed E-state index contributed by atoms with van der Waals surface area (Å²) in [5, 5.41) is 4.88. The van der Waals surface area contributed by atoms with E-state index in [1.165, 1.54) is 40.3 Å². The van der Waals surface area contributed by atoms with E-state index in [9.17, 15) is 4.79 Å². The van der Waals surface area contributed by atoms with Crippen LogP contribution in [0.4, 0.5) is 0 Å². The normalized spacial score (nSPS) is 16.0. The molecule has 1 aliphatic rings. The standard InChI is InChI=1S/C21H21NO/c23-21(15-22-12-4-1-5-13-22)18-10-11-20-17(14-18)9-8-16-6-2-3-7-19(16)20/h2-3,6-11,14H,1,4-5,12-13,15H2/p+1. The van der Waals surface area contributed by atoms with Gasteiger partial charge in [0.1, 0.15) is 6.54 Å². The minimum Gasteiger partial charge on any atom is -0.328 e. The number of hydrogen-bond acceptors (Lipinski definition) is 1. The maximum Gasteiger partial charge on any atom is 0.216 e. The summed E-state index contributed by atoms with van der Waals surface area (Å²) in [5.74, 6) is 0.275. The van der Waals surface area contributed by atoms with E-state index in [0.717, 1.165) is 24.0 Å². The molecule has 0 spiro atoms. The fraction of sp³-hybridized carbons (Fsp3) is 0.286. The first-order valence-corrected chi connectivity index (χ1v) is 8.59. The monoisotopic (exact) mass is 304 g/mol. The first-order chi connectivity index (χ1) is 11.3. The third-order valence-corrected chi connectivity index (χ3v) is 5.04. The van der Waals surface area contributed by atoms with Crippen LogP contribution in [-0.2, 0) is 0 Å². The van der Waals surface area contributed by atoms with Crippen LogP contribution in [0.5, 0.6) is 0 Å². The Morgan fingerprint density at radius 3 is 2.43 bits per heavy atom. The van der Waals surface area contributed by atoms with E-state index in [1.807, 2.05) is 6.07 Å². The van der Waals surface area contributed by atoms with Gasteiger partial charge in [0.05, 0.1) is 13.1 Å². The molecule has 116 valence electrons. The molecule has 2 nitrogen and oxygen atoms in total. The molecule has 0 saturated carbocycles. The average molecular weight is 304 g/mol. The Morgan fingerprint density at radius 2 is 1.57 bits per heavy atom. The number of carbonyl (C=O) groups is 1. The Balaban J connectivity index is 1.65. The average Bonchev–Trinajstić information content (AvgIpc) is 2.62. The molecule has 1 N–H and O–H groups in total. The summed E-state index contributed by atoms with van der Waals surface area (Å²) in [6, 6.07) is 18.9. The van der Waals surface area contributed by atoms with Crippen LogP contribution in [-0.4, -0.2) is 25.4 Å². The fourth-order valence-electron chi connectivity index (χ4n) is 3.74. The molecule has 0 amide bonds. The SMILES string of the molecule is O=C(C[NH+]1CCCCC1)c1ccc2c(ccc3ccccc32)c1. The van der Waals surface area contributed by atoms with Gasteiger partial charge in [-0.25, -0.2) is 0 Å². The van der Waals surface area contributed by atoms with Gasteiger partial charge in [-0.3, -0.25) is 4.79 Å². The minimum atomic E-state index is 0.275. The molecule has 3 aromatic rings. The summed E-state index contributed by atoms with van der Waals surface area (Å²) in [6.07, 6.45) is 3.83. The number of likely N-dealkylation sites (tertiary alicyclic amines) is 1.